The van der Waals surface area contributed by atoms with Crippen molar-refractivity contribution in [2.45, 2.75) is 44.6 Å². The number of carbonyl (C=O) groups is 2. The zero-order chi connectivity index (χ0) is 16.1. The predicted molar refractivity (Wildman–Crippen MR) is 82.9 cm³/mol. The summed E-state index contributed by atoms with van der Waals surface area (Å²) in [4.78, 5) is 23.3. The van der Waals surface area contributed by atoms with Gasteiger partial charge in [0.25, 0.3) is 0 Å². The molecule has 120 valence electrons. The number of hydrogen-bond acceptors (Lipinski definition) is 3. The Kier molecular flexibility index (Phi) is 5.41. The van der Waals surface area contributed by atoms with Crippen LogP contribution in [0.15, 0.2) is 24.3 Å². The molecule has 0 radical (unpaired) electrons. The summed E-state index contributed by atoms with van der Waals surface area (Å²) in [5, 5.41) is 11.8. The number of carboxylic acids is 1. The number of rotatable bonds is 8. The standard InChI is InChI=1S/C17H23NO4/c1-11(13-4-3-5-14(10-13)22-2)8-16(19)18-15(17(20)21)9-12-6-7-12/h3-5,10-12,15H,6-9H2,1-2H3,(H,18,19)(H,20,21). The first-order valence-corrected chi connectivity index (χ1v) is 7.65. The average molecular weight is 305 g/mol. The minimum atomic E-state index is -0.950. The van der Waals surface area contributed by atoms with Crippen molar-refractivity contribution in [2.75, 3.05) is 7.11 Å². The van der Waals surface area contributed by atoms with E-state index in [0.29, 0.717) is 12.3 Å². The van der Waals surface area contributed by atoms with Crippen LogP contribution in [-0.2, 0) is 9.59 Å². The fraction of sp³-hybridized carbons (Fsp3) is 0.529. The predicted octanol–water partition coefficient (Wildman–Crippen LogP) is 2.56. The van der Waals surface area contributed by atoms with Gasteiger partial charge < -0.3 is 15.2 Å². The third kappa shape index (κ3) is 4.76. The van der Waals surface area contributed by atoms with E-state index in [1.807, 2.05) is 31.2 Å². The van der Waals surface area contributed by atoms with Crippen LogP contribution in [0, 0.1) is 5.92 Å². The molecule has 2 N–H and O–H groups in total. The highest BCUT2D eigenvalue weighted by molar-refractivity contribution is 5.84. The largest absolute Gasteiger partial charge is 0.497 e. The number of carbonyl (C=O) groups excluding carboxylic acids is 1. The maximum absolute atomic E-state index is 12.1. The summed E-state index contributed by atoms with van der Waals surface area (Å²) in [5.41, 5.74) is 1.00. The number of carboxylic acid groups (broad SMARTS) is 1. The highest BCUT2D eigenvalue weighted by Gasteiger charge is 2.30. The van der Waals surface area contributed by atoms with Crippen LogP contribution in [-0.4, -0.2) is 30.1 Å². The Morgan fingerprint density at radius 2 is 2.14 bits per heavy atom. The molecule has 5 heteroatoms. The lowest BCUT2D eigenvalue weighted by atomic mass is 9.97. The highest BCUT2D eigenvalue weighted by atomic mass is 16.5. The summed E-state index contributed by atoms with van der Waals surface area (Å²) < 4.78 is 5.18. The van der Waals surface area contributed by atoms with Crippen molar-refractivity contribution in [3.05, 3.63) is 29.8 Å². The Hall–Kier alpha value is -2.04. The van der Waals surface area contributed by atoms with Gasteiger partial charge in [0.2, 0.25) is 5.91 Å². The van der Waals surface area contributed by atoms with E-state index in [2.05, 4.69) is 5.32 Å². The van der Waals surface area contributed by atoms with Gasteiger partial charge in [0, 0.05) is 6.42 Å². The smallest absolute Gasteiger partial charge is 0.326 e. The van der Waals surface area contributed by atoms with Gasteiger partial charge >= 0.3 is 5.97 Å². The van der Waals surface area contributed by atoms with Crippen LogP contribution in [0.1, 0.15) is 44.1 Å². The van der Waals surface area contributed by atoms with Gasteiger partial charge in [0.05, 0.1) is 7.11 Å². The molecular formula is C17H23NO4. The molecule has 0 bridgehead atoms. The molecule has 1 aliphatic rings. The Morgan fingerprint density at radius 1 is 1.41 bits per heavy atom. The topological polar surface area (TPSA) is 75.6 Å². The lowest BCUT2D eigenvalue weighted by Crippen LogP contribution is -2.41. The quantitative estimate of drug-likeness (QED) is 0.774. The summed E-state index contributed by atoms with van der Waals surface area (Å²) in [6.45, 7) is 1.95. The molecule has 0 aliphatic heterocycles. The maximum Gasteiger partial charge on any atom is 0.326 e. The van der Waals surface area contributed by atoms with Gasteiger partial charge in [0.15, 0.2) is 0 Å². The van der Waals surface area contributed by atoms with E-state index in [1.54, 1.807) is 7.11 Å². The first kappa shape index (κ1) is 16.3. The van der Waals surface area contributed by atoms with Crippen molar-refractivity contribution in [3.8, 4) is 5.75 Å². The van der Waals surface area contributed by atoms with Gasteiger partial charge in [-0.1, -0.05) is 31.9 Å². The molecule has 5 nitrogen and oxygen atoms in total. The summed E-state index contributed by atoms with van der Waals surface area (Å²) in [6.07, 6.45) is 2.94. The number of hydrogen-bond donors (Lipinski definition) is 2. The molecule has 22 heavy (non-hydrogen) atoms. The third-order valence-corrected chi connectivity index (χ3v) is 4.05. The van der Waals surface area contributed by atoms with Crippen LogP contribution in [0.5, 0.6) is 5.75 Å². The molecule has 2 atom stereocenters. The number of methoxy groups -OCH3 is 1. The third-order valence-electron chi connectivity index (χ3n) is 4.05. The van der Waals surface area contributed by atoms with Crippen molar-refractivity contribution in [1.29, 1.82) is 0 Å². The van der Waals surface area contributed by atoms with E-state index in [4.69, 9.17) is 4.74 Å². The van der Waals surface area contributed by atoms with E-state index < -0.39 is 12.0 Å². The number of amides is 1. The summed E-state index contributed by atoms with van der Waals surface area (Å²) in [6, 6.07) is 6.82. The molecule has 1 aromatic carbocycles. The first-order chi connectivity index (χ1) is 10.5. The average Bonchev–Trinajstić information content (AvgIpc) is 3.30. The monoisotopic (exact) mass is 305 g/mol. The lowest BCUT2D eigenvalue weighted by Gasteiger charge is -2.17. The molecule has 1 aliphatic carbocycles. The van der Waals surface area contributed by atoms with Gasteiger partial charge in [-0.15, -0.1) is 0 Å². The Balaban J connectivity index is 1.90. The van der Waals surface area contributed by atoms with Crippen molar-refractivity contribution in [1.82, 2.24) is 5.32 Å². The van der Waals surface area contributed by atoms with E-state index in [1.165, 1.54) is 0 Å². The summed E-state index contributed by atoms with van der Waals surface area (Å²) >= 11 is 0. The van der Waals surface area contributed by atoms with Gasteiger partial charge in [0.1, 0.15) is 11.8 Å². The zero-order valence-corrected chi connectivity index (χ0v) is 13.0. The lowest BCUT2D eigenvalue weighted by molar-refractivity contribution is -0.142. The minimum Gasteiger partial charge on any atom is -0.497 e. The van der Waals surface area contributed by atoms with Crippen LogP contribution in [0.4, 0.5) is 0 Å². The fourth-order valence-electron chi connectivity index (χ4n) is 2.51. The second kappa shape index (κ2) is 7.29. The van der Waals surface area contributed by atoms with Crippen LogP contribution >= 0.6 is 0 Å². The summed E-state index contributed by atoms with van der Waals surface area (Å²) in [5.74, 6) is 0.0437. The summed E-state index contributed by atoms with van der Waals surface area (Å²) in [7, 11) is 1.60. The normalized spacial score (nSPS) is 16.6. The Labute approximate surface area is 130 Å². The maximum atomic E-state index is 12.1. The molecule has 0 heterocycles. The second-order valence-corrected chi connectivity index (χ2v) is 6.02. The number of aliphatic carboxylic acids is 1. The molecule has 2 rings (SSSR count). The molecule has 1 aromatic rings. The van der Waals surface area contributed by atoms with E-state index in [-0.39, 0.29) is 18.2 Å². The van der Waals surface area contributed by atoms with Crippen LogP contribution in [0.3, 0.4) is 0 Å². The molecule has 0 aromatic heterocycles. The molecule has 1 fully saturated rings. The Morgan fingerprint density at radius 3 is 2.73 bits per heavy atom. The van der Waals surface area contributed by atoms with Crippen LogP contribution < -0.4 is 10.1 Å². The number of benzene rings is 1. The molecule has 2 unspecified atom stereocenters. The van der Waals surface area contributed by atoms with Gasteiger partial charge in [-0.3, -0.25) is 4.79 Å². The molecule has 0 saturated heterocycles. The SMILES string of the molecule is COc1cccc(C(C)CC(=O)NC(CC2CC2)C(=O)O)c1. The van der Waals surface area contributed by atoms with Gasteiger partial charge in [-0.25, -0.2) is 4.79 Å². The Bertz CT molecular complexity index is 539. The van der Waals surface area contributed by atoms with E-state index >= 15 is 0 Å². The van der Waals surface area contributed by atoms with Gasteiger partial charge in [-0.05, 0) is 36.0 Å². The van der Waals surface area contributed by atoms with Crippen LogP contribution in [0.2, 0.25) is 0 Å². The molecule has 0 spiro atoms. The molecule has 1 amide bonds. The van der Waals surface area contributed by atoms with E-state index in [0.717, 1.165) is 24.2 Å². The van der Waals surface area contributed by atoms with Crippen LogP contribution in [0.25, 0.3) is 0 Å². The number of nitrogens with one attached hydrogen (secondary N) is 1. The van der Waals surface area contributed by atoms with Crippen molar-refractivity contribution < 1.29 is 19.4 Å². The second-order valence-electron chi connectivity index (χ2n) is 6.02. The first-order valence-electron chi connectivity index (χ1n) is 7.65. The van der Waals surface area contributed by atoms with Gasteiger partial charge in [-0.2, -0.15) is 0 Å². The highest BCUT2D eigenvalue weighted by Crippen LogP contribution is 2.33. The van der Waals surface area contributed by atoms with E-state index in [9.17, 15) is 14.7 Å². The zero-order valence-electron chi connectivity index (χ0n) is 13.0. The van der Waals surface area contributed by atoms with Crippen molar-refractivity contribution in [2.24, 2.45) is 5.92 Å². The van der Waals surface area contributed by atoms with Crippen molar-refractivity contribution >= 4 is 11.9 Å². The fourth-order valence-corrected chi connectivity index (χ4v) is 2.51. The molecular weight excluding hydrogens is 282 g/mol. The molecule has 1 saturated carbocycles. The minimum absolute atomic E-state index is 0.00506. The van der Waals surface area contributed by atoms with Crippen molar-refractivity contribution in [3.63, 3.8) is 0 Å². The number of ether oxygens (including phenoxy) is 1.